The Morgan fingerprint density at radius 3 is 2.26 bits per heavy atom. The van der Waals surface area contributed by atoms with E-state index >= 15 is 0 Å². The molecule has 4 rings (SSSR count). The minimum absolute atomic E-state index is 0.208. The minimum atomic E-state index is -1.08. The van der Waals surface area contributed by atoms with Crippen LogP contribution in [0.15, 0.2) is 48.1 Å². The van der Waals surface area contributed by atoms with Crippen molar-refractivity contribution in [2.75, 3.05) is 6.61 Å². The van der Waals surface area contributed by atoms with Crippen molar-refractivity contribution in [1.29, 1.82) is 0 Å². The van der Waals surface area contributed by atoms with Gasteiger partial charge in [-0.3, -0.25) is 0 Å². The van der Waals surface area contributed by atoms with Crippen molar-refractivity contribution in [3.63, 3.8) is 0 Å². The van der Waals surface area contributed by atoms with Gasteiger partial charge >= 0.3 is 0 Å². The molecule has 2 heterocycles. The van der Waals surface area contributed by atoms with E-state index in [1.165, 1.54) is 5.56 Å². The van der Waals surface area contributed by atoms with E-state index in [-0.39, 0.29) is 6.10 Å². The smallest absolute Gasteiger partial charge is 0.184 e. The summed E-state index contributed by atoms with van der Waals surface area (Å²) in [6, 6.07) is 8.33. The second kappa shape index (κ2) is 12.6. The van der Waals surface area contributed by atoms with Crippen LogP contribution < -0.4 is 0 Å². The van der Waals surface area contributed by atoms with Crippen LogP contribution in [0.2, 0.25) is 0 Å². The SMILES string of the molecule is CCCc1ccc(C2OC(CCC)C3OC(C4=CCC(CCC)C=C4)OC(C(O)CO)C3O2)cc1. The third-order valence-electron chi connectivity index (χ3n) is 7.23. The Morgan fingerprint density at radius 2 is 1.63 bits per heavy atom. The maximum Gasteiger partial charge on any atom is 0.184 e. The molecule has 0 radical (unpaired) electrons. The monoisotopic (exact) mass is 486 g/mol. The van der Waals surface area contributed by atoms with Gasteiger partial charge in [-0.25, -0.2) is 0 Å². The molecule has 2 saturated heterocycles. The maximum absolute atomic E-state index is 10.7. The molecule has 8 atom stereocenters. The first-order valence-corrected chi connectivity index (χ1v) is 13.5. The molecule has 0 spiro atoms. The van der Waals surface area contributed by atoms with Gasteiger partial charge in [0.15, 0.2) is 12.6 Å². The standard InChI is InChI=1S/C29H42O6/c1-4-7-19-10-14-21(15-11-19)28-32-24(9-6-3)26-27(35-28)25(23(31)18-30)33-29(34-26)22-16-12-20(8-5-2)13-17-22/h10-12,14-17,20,23-31H,4-9,13,18H2,1-3H3. The van der Waals surface area contributed by atoms with Gasteiger partial charge in [-0.05, 0) is 37.2 Å². The van der Waals surface area contributed by atoms with Crippen LogP contribution in [-0.2, 0) is 25.4 Å². The van der Waals surface area contributed by atoms with E-state index < -0.39 is 43.6 Å². The lowest BCUT2D eigenvalue weighted by Crippen LogP contribution is -2.63. The van der Waals surface area contributed by atoms with Crippen molar-refractivity contribution in [3.05, 3.63) is 59.2 Å². The zero-order valence-corrected chi connectivity index (χ0v) is 21.3. The number of hydrogen-bond donors (Lipinski definition) is 2. The summed E-state index contributed by atoms with van der Waals surface area (Å²) in [6.45, 7) is 6.08. The summed E-state index contributed by atoms with van der Waals surface area (Å²) in [6.07, 6.45) is 9.42. The van der Waals surface area contributed by atoms with Gasteiger partial charge in [-0.1, -0.05) is 82.5 Å². The average Bonchev–Trinajstić information content (AvgIpc) is 2.89. The fraction of sp³-hybridized carbons (Fsp3) is 0.655. The molecule has 2 aliphatic heterocycles. The fourth-order valence-corrected chi connectivity index (χ4v) is 5.34. The normalized spacial score (nSPS) is 33.7. The van der Waals surface area contributed by atoms with Gasteiger partial charge in [0.1, 0.15) is 24.4 Å². The van der Waals surface area contributed by atoms with Crippen LogP contribution in [0.4, 0.5) is 0 Å². The zero-order valence-electron chi connectivity index (χ0n) is 21.3. The first kappa shape index (κ1) is 26.5. The molecular weight excluding hydrogens is 444 g/mol. The van der Waals surface area contributed by atoms with Crippen LogP contribution in [0.25, 0.3) is 0 Å². The second-order valence-corrected chi connectivity index (χ2v) is 10.0. The molecule has 8 unspecified atom stereocenters. The third-order valence-corrected chi connectivity index (χ3v) is 7.23. The van der Waals surface area contributed by atoms with Crippen molar-refractivity contribution in [3.8, 4) is 0 Å². The first-order chi connectivity index (χ1) is 17.1. The third kappa shape index (κ3) is 6.24. The van der Waals surface area contributed by atoms with Crippen molar-refractivity contribution >= 4 is 0 Å². The lowest BCUT2D eigenvalue weighted by molar-refractivity contribution is -0.381. The highest BCUT2D eigenvalue weighted by molar-refractivity contribution is 5.27. The highest BCUT2D eigenvalue weighted by Crippen LogP contribution is 2.41. The van der Waals surface area contributed by atoms with Crippen LogP contribution >= 0.6 is 0 Å². The summed E-state index contributed by atoms with van der Waals surface area (Å²) in [5.41, 5.74) is 3.17. The molecule has 0 amide bonds. The first-order valence-electron chi connectivity index (χ1n) is 13.5. The van der Waals surface area contributed by atoms with E-state index in [9.17, 15) is 10.2 Å². The highest BCUT2D eigenvalue weighted by Gasteiger charge is 2.52. The van der Waals surface area contributed by atoms with Gasteiger partial charge < -0.3 is 29.2 Å². The van der Waals surface area contributed by atoms with Crippen molar-refractivity contribution < 1.29 is 29.2 Å². The molecule has 2 fully saturated rings. The summed E-state index contributed by atoms with van der Waals surface area (Å²) in [7, 11) is 0. The Labute approximate surface area is 209 Å². The highest BCUT2D eigenvalue weighted by atomic mass is 16.8. The number of benzene rings is 1. The Hall–Kier alpha value is -1.54. The van der Waals surface area contributed by atoms with Gasteiger partial charge in [0.05, 0.1) is 12.7 Å². The molecule has 194 valence electrons. The Bertz CT molecular complexity index is 849. The molecule has 3 aliphatic rings. The molecule has 2 N–H and O–H groups in total. The Morgan fingerprint density at radius 1 is 0.886 bits per heavy atom. The predicted octanol–water partition coefficient (Wildman–Crippen LogP) is 4.99. The summed E-state index contributed by atoms with van der Waals surface area (Å²) in [5, 5.41) is 20.5. The van der Waals surface area contributed by atoms with Crippen LogP contribution in [-0.4, -0.2) is 53.6 Å². The van der Waals surface area contributed by atoms with Crippen molar-refractivity contribution in [1.82, 2.24) is 0 Å². The van der Waals surface area contributed by atoms with E-state index in [2.05, 4.69) is 51.1 Å². The number of ether oxygens (including phenoxy) is 4. The van der Waals surface area contributed by atoms with Crippen molar-refractivity contribution in [2.45, 2.75) is 109 Å². The summed E-state index contributed by atoms with van der Waals surface area (Å²) >= 11 is 0. The van der Waals surface area contributed by atoms with E-state index in [4.69, 9.17) is 18.9 Å². The molecule has 1 aromatic rings. The van der Waals surface area contributed by atoms with Crippen LogP contribution in [0, 0.1) is 5.92 Å². The van der Waals surface area contributed by atoms with E-state index in [1.807, 2.05) is 12.1 Å². The summed E-state index contributed by atoms with van der Waals surface area (Å²) in [4.78, 5) is 0. The Kier molecular flexibility index (Phi) is 9.56. The van der Waals surface area contributed by atoms with Gasteiger partial charge in [-0.15, -0.1) is 0 Å². The van der Waals surface area contributed by atoms with E-state index in [0.717, 1.165) is 56.1 Å². The van der Waals surface area contributed by atoms with Crippen LogP contribution in [0.1, 0.15) is 76.7 Å². The number of aliphatic hydroxyl groups is 2. The number of aliphatic hydroxyl groups excluding tert-OH is 2. The van der Waals surface area contributed by atoms with Crippen LogP contribution in [0.5, 0.6) is 0 Å². The molecule has 35 heavy (non-hydrogen) atoms. The molecule has 6 heteroatoms. The average molecular weight is 487 g/mol. The number of hydrogen-bond acceptors (Lipinski definition) is 6. The lowest BCUT2D eigenvalue weighted by atomic mass is 9.91. The van der Waals surface area contributed by atoms with Gasteiger partial charge in [-0.2, -0.15) is 0 Å². The molecule has 0 bridgehead atoms. The topological polar surface area (TPSA) is 77.4 Å². The van der Waals surface area contributed by atoms with E-state index in [0.29, 0.717) is 5.92 Å². The summed E-state index contributed by atoms with van der Waals surface area (Å²) in [5.74, 6) is 0.539. The second-order valence-electron chi connectivity index (χ2n) is 10.0. The number of allylic oxidation sites excluding steroid dienone is 2. The molecule has 0 aromatic heterocycles. The van der Waals surface area contributed by atoms with Gasteiger partial charge in [0, 0.05) is 11.1 Å². The molecule has 1 aliphatic carbocycles. The van der Waals surface area contributed by atoms with Crippen molar-refractivity contribution in [2.24, 2.45) is 5.92 Å². The molecule has 0 saturated carbocycles. The summed E-state index contributed by atoms with van der Waals surface area (Å²) < 4.78 is 25.6. The van der Waals surface area contributed by atoms with E-state index in [1.54, 1.807) is 0 Å². The van der Waals surface area contributed by atoms with Gasteiger partial charge in [0.2, 0.25) is 0 Å². The molecule has 1 aromatic carbocycles. The predicted molar refractivity (Wildman–Crippen MR) is 135 cm³/mol. The number of fused-ring (bicyclic) bond motifs is 1. The zero-order chi connectivity index (χ0) is 24.8. The molecular formula is C29H42O6. The van der Waals surface area contributed by atoms with Gasteiger partial charge in [0.25, 0.3) is 0 Å². The molecule has 6 nitrogen and oxygen atoms in total. The largest absolute Gasteiger partial charge is 0.394 e. The maximum atomic E-state index is 10.7. The minimum Gasteiger partial charge on any atom is -0.394 e. The quantitative estimate of drug-likeness (QED) is 0.485. The number of aryl methyl sites for hydroxylation is 1. The lowest BCUT2D eigenvalue weighted by Gasteiger charge is -2.50. The fourth-order valence-electron chi connectivity index (χ4n) is 5.34. The van der Waals surface area contributed by atoms with Crippen LogP contribution in [0.3, 0.4) is 0 Å². The Balaban J connectivity index is 1.56. The number of rotatable bonds is 10.